The van der Waals surface area contributed by atoms with Gasteiger partial charge in [0.2, 0.25) is 5.69 Å². The van der Waals surface area contributed by atoms with Gasteiger partial charge in [-0.1, -0.05) is 74.8 Å². The zero-order valence-electron chi connectivity index (χ0n) is 22.1. The number of aryl methyl sites for hydroxylation is 3. The fraction of sp³-hybridized carbons (Fsp3) is 0.346. The van der Waals surface area contributed by atoms with E-state index >= 15 is 0 Å². The highest BCUT2D eigenvalue weighted by Gasteiger charge is 2.22. The Morgan fingerprint density at radius 1 is 0.724 bits per heavy atom. The van der Waals surface area contributed by atoms with Crippen LogP contribution in [0.4, 0.5) is 0 Å². The van der Waals surface area contributed by atoms with E-state index in [1.807, 2.05) is 13.0 Å². The summed E-state index contributed by atoms with van der Waals surface area (Å²) in [6, 6.07) is 17.0. The molecule has 1 nitrogen and oxygen atoms in total. The van der Waals surface area contributed by atoms with Crippen molar-refractivity contribution in [2.75, 3.05) is 0 Å². The Morgan fingerprint density at radius 3 is 1.90 bits per heavy atom. The molecule has 0 aliphatic heterocycles. The summed E-state index contributed by atoms with van der Waals surface area (Å²) in [5.74, 6) is 0. The van der Waals surface area contributed by atoms with Gasteiger partial charge in [0.25, 0.3) is 0 Å². The van der Waals surface area contributed by atoms with E-state index in [-0.39, 0.29) is 0 Å². The van der Waals surface area contributed by atoms with Gasteiger partial charge in [-0.3, -0.25) is 0 Å². The van der Waals surface area contributed by atoms with Crippen LogP contribution in [-0.2, 0) is 7.05 Å². The van der Waals surface area contributed by atoms with Gasteiger partial charge < -0.3 is 0 Å². The summed E-state index contributed by atoms with van der Waals surface area (Å²) in [6.45, 7) is 13.9. The molecule has 0 bridgehead atoms. The van der Waals surface area contributed by atoms with Crippen LogP contribution in [0, 0.1) is 13.8 Å². The van der Waals surface area contributed by atoms with Crippen molar-refractivity contribution in [2.24, 2.45) is 7.05 Å². The molecule has 0 radical (unpaired) electrons. The van der Waals surface area contributed by atoms with Crippen LogP contribution in [0.1, 0.15) is 15.2 Å². The second-order valence-corrected chi connectivity index (χ2v) is 20.4. The van der Waals surface area contributed by atoms with Gasteiger partial charge in [0.15, 0.2) is 6.20 Å². The molecule has 0 unspecified atom stereocenters. The third-order valence-corrected chi connectivity index (χ3v) is 9.83. The number of hydrogen-bond donors (Lipinski definition) is 0. The van der Waals surface area contributed by atoms with Gasteiger partial charge in [-0.15, -0.1) is 0 Å². The minimum Gasteiger partial charge on any atom is -0.201 e. The second-order valence-electron chi connectivity index (χ2n) is 10.2. The molecular weight excluding hydrogens is 382 g/mol. The Labute approximate surface area is 183 Å². The molecule has 0 N–H and O–H groups in total. The monoisotopic (exact) mass is 421 g/mol. The first kappa shape index (κ1) is 17.8. The summed E-state index contributed by atoms with van der Waals surface area (Å²) in [4.78, 5) is 0. The molecule has 0 aliphatic rings. The van der Waals surface area contributed by atoms with Crippen LogP contribution in [0.5, 0.6) is 0 Å². The quantitative estimate of drug-likeness (QED) is 0.384. The first-order valence-electron chi connectivity index (χ1n) is 11.9. The number of aromatic nitrogens is 1. The minimum atomic E-state index is -2.17. The lowest BCUT2D eigenvalue weighted by Crippen LogP contribution is -2.42. The lowest BCUT2D eigenvalue weighted by Gasteiger charge is -2.18. The molecule has 0 saturated carbocycles. The minimum absolute atomic E-state index is 0.420. The SMILES string of the molecule is [2H]C([2H])([2H])c1cc(C)c(-c2cc([Si](C)(C)C)cc[n+]2C)cc1-c1ccc([Si](C)(C)C)cc1. The first-order valence-corrected chi connectivity index (χ1v) is 17.4. The molecule has 0 spiro atoms. The van der Waals surface area contributed by atoms with Crippen molar-refractivity contribution in [1.82, 2.24) is 0 Å². The third-order valence-electron chi connectivity index (χ3n) is 5.72. The number of pyridine rings is 1. The molecule has 1 aromatic heterocycles. The number of benzene rings is 2. The van der Waals surface area contributed by atoms with E-state index in [9.17, 15) is 0 Å². The third kappa shape index (κ3) is 4.62. The van der Waals surface area contributed by atoms with Crippen molar-refractivity contribution in [3.63, 3.8) is 0 Å². The van der Waals surface area contributed by atoms with Crippen molar-refractivity contribution in [2.45, 2.75) is 53.1 Å². The van der Waals surface area contributed by atoms with Crippen LogP contribution in [0.2, 0.25) is 39.3 Å². The smallest absolute Gasteiger partial charge is 0.201 e. The lowest BCUT2D eigenvalue weighted by atomic mass is 9.93. The molecular formula is C26H36NSi2+. The highest BCUT2D eigenvalue weighted by Crippen LogP contribution is 2.31. The fourth-order valence-electron chi connectivity index (χ4n) is 3.68. The van der Waals surface area contributed by atoms with Crippen LogP contribution < -0.4 is 14.9 Å². The van der Waals surface area contributed by atoms with Crippen LogP contribution >= 0.6 is 0 Å². The summed E-state index contributed by atoms with van der Waals surface area (Å²) >= 11 is 0. The van der Waals surface area contributed by atoms with Gasteiger partial charge in [0.1, 0.15) is 7.05 Å². The lowest BCUT2D eigenvalue weighted by molar-refractivity contribution is -0.660. The van der Waals surface area contributed by atoms with Crippen LogP contribution in [0.3, 0.4) is 0 Å². The van der Waals surface area contributed by atoms with Crippen molar-refractivity contribution in [1.29, 1.82) is 0 Å². The molecule has 152 valence electrons. The summed E-state index contributed by atoms with van der Waals surface area (Å²) in [7, 11) is -0.844. The molecule has 0 aliphatic carbocycles. The van der Waals surface area contributed by atoms with Crippen LogP contribution in [0.15, 0.2) is 54.7 Å². The average molecular weight is 422 g/mol. The average Bonchev–Trinajstić information content (AvgIpc) is 2.66. The van der Waals surface area contributed by atoms with E-state index in [1.54, 1.807) is 0 Å². The number of hydrogen-bond acceptors (Lipinski definition) is 0. The maximum absolute atomic E-state index is 8.18. The summed E-state index contributed by atoms with van der Waals surface area (Å²) < 4.78 is 26.7. The molecule has 0 saturated heterocycles. The van der Waals surface area contributed by atoms with E-state index < -0.39 is 23.0 Å². The predicted molar refractivity (Wildman–Crippen MR) is 134 cm³/mol. The van der Waals surface area contributed by atoms with Crippen LogP contribution in [-0.4, -0.2) is 16.1 Å². The molecule has 0 fully saturated rings. The highest BCUT2D eigenvalue weighted by molar-refractivity contribution is 6.89. The molecule has 3 aromatic rings. The summed E-state index contributed by atoms with van der Waals surface area (Å²) in [5.41, 5.74) is 5.38. The van der Waals surface area contributed by atoms with Gasteiger partial charge >= 0.3 is 0 Å². The maximum Gasteiger partial charge on any atom is 0.212 e. The molecule has 1 heterocycles. The zero-order valence-corrected chi connectivity index (χ0v) is 21.1. The molecule has 2 aromatic carbocycles. The van der Waals surface area contributed by atoms with E-state index in [2.05, 4.69) is 99.6 Å². The van der Waals surface area contributed by atoms with Crippen LogP contribution in [0.25, 0.3) is 22.4 Å². The van der Waals surface area contributed by atoms with Crippen molar-refractivity contribution in [3.05, 3.63) is 65.9 Å². The first-order chi connectivity index (χ1) is 14.6. The van der Waals surface area contributed by atoms with Gasteiger partial charge in [0, 0.05) is 21.8 Å². The second kappa shape index (κ2) is 7.69. The van der Waals surface area contributed by atoms with Crippen molar-refractivity contribution >= 4 is 26.5 Å². The Morgan fingerprint density at radius 2 is 1.34 bits per heavy atom. The molecule has 0 atom stereocenters. The Hall–Kier alpha value is -1.98. The van der Waals surface area contributed by atoms with Gasteiger partial charge in [-0.25, -0.2) is 4.57 Å². The number of nitrogens with zero attached hydrogens (tertiary/aromatic N) is 1. The molecule has 0 amide bonds. The molecule has 3 heteroatoms. The Kier molecular flexibility index (Phi) is 4.73. The Balaban J connectivity index is 2.26. The largest absolute Gasteiger partial charge is 0.212 e. The van der Waals surface area contributed by atoms with Crippen molar-refractivity contribution < 1.29 is 8.68 Å². The predicted octanol–water partition coefficient (Wildman–Crippen LogP) is 5.55. The van der Waals surface area contributed by atoms with Gasteiger partial charge in [-0.2, -0.15) is 0 Å². The standard InChI is InChI=1S/C26H36NSi2/c1-19-16-20(2)25(26-17-23(29(7,8)9)14-15-27(26)3)18-24(19)21-10-12-22(13-11-21)28(4,5)6/h10-18H,1-9H3/q+1/i1D3. The number of rotatable bonds is 4. The van der Waals surface area contributed by atoms with E-state index in [4.69, 9.17) is 4.11 Å². The topological polar surface area (TPSA) is 3.88 Å². The van der Waals surface area contributed by atoms with E-state index in [1.165, 1.54) is 10.4 Å². The fourth-order valence-corrected chi connectivity index (χ4v) is 5.99. The van der Waals surface area contributed by atoms with E-state index in [0.717, 1.165) is 27.9 Å². The van der Waals surface area contributed by atoms with Gasteiger partial charge in [0.05, 0.1) is 16.1 Å². The molecule has 3 rings (SSSR count). The normalized spacial score (nSPS) is 14.3. The zero-order chi connectivity index (χ0) is 24.1. The maximum atomic E-state index is 8.18. The summed E-state index contributed by atoms with van der Waals surface area (Å²) in [5, 5.41) is 2.77. The summed E-state index contributed by atoms with van der Waals surface area (Å²) in [6.07, 6.45) is 2.13. The molecule has 29 heavy (non-hydrogen) atoms. The van der Waals surface area contributed by atoms with Crippen molar-refractivity contribution in [3.8, 4) is 22.4 Å². The highest BCUT2D eigenvalue weighted by atomic mass is 28.3. The Bertz CT molecular complexity index is 1140. The van der Waals surface area contributed by atoms with Gasteiger partial charge in [-0.05, 0) is 47.3 Å². The van der Waals surface area contributed by atoms with E-state index in [0.29, 0.717) is 5.56 Å².